The second-order valence-corrected chi connectivity index (χ2v) is 8.76. The third-order valence-electron chi connectivity index (χ3n) is 4.36. The zero-order chi connectivity index (χ0) is 23.6. The maximum absolute atomic E-state index is 13.3. The molecular weight excluding hydrogens is 435 g/mol. The van der Waals surface area contributed by atoms with Crippen molar-refractivity contribution >= 4 is 34.9 Å². The SMILES string of the molecule is CN(C)c1cc(NC(=O)c2ccc(F)cc2Cl)ccc1-c1ncc(C(=O)OC(C)(C)C)[nH]1. The number of carbonyl (C=O) groups excluding carboxylic acids is 2. The Kier molecular flexibility index (Phi) is 6.55. The molecule has 3 rings (SSSR count). The van der Waals surface area contributed by atoms with E-state index in [2.05, 4.69) is 15.3 Å². The number of halogens is 2. The lowest BCUT2D eigenvalue weighted by molar-refractivity contribution is 0.00634. The van der Waals surface area contributed by atoms with E-state index in [1.807, 2.05) is 19.0 Å². The molecule has 32 heavy (non-hydrogen) atoms. The molecule has 0 aliphatic carbocycles. The second-order valence-electron chi connectivity index (χ2n) is 8.35. The van der Waals surface area contributed by atoms with Crippen molar-refractivity contribution < 1.29 is 18.7 Å². The Morgan fingerprint density at radius 3 is 2.50 bits per heavy atom. The summed E-state index contributed by atoms with van der Waals surface area (Å²) in [4.78, 5) is 34.0. The lowest BCUT2D eigenvalue weighted by Crippen LogP contribution is -2.24. The Hall–Kier alpha value is -3.39. The molecule has 7 nitrogen and oxygen atoms in total. The molecule has 0 bridgehead atoms. The van der Waals surface area contributed by atoms with Crippen LogP contribution < -0.4 is 10.2 Å². The van der Waals surface area contributed by atoms with Crippen molar-refractivity contribution in [2.75, 3.05) is 24.3 Å². The molecule has 2 N–H and O–H groups in total. The van der Waals surface area contributed by atoms with Gasteiger partial charge in [-0.05, 0) is 57.2 Å². The van der Waals surface area contributed by atoms with Gasteiger partial charge in [-0.2, -0.15) is 0 Å². The summed E-state index contributed by atoms with van der Waals surface area (Å²) in [6.07, 6.45) is 1.43. The van der Waals surface area contributed by atoms with Crippen LogP contribution in [0.3, 0.4) is 0 Å². The standard InChI is InChI=1S/C23H24ClFN4O3/c1-23(2,3)32-22(31)18-12-26-20(28-18)16-9-7-14(11-19(16)29(4)5)27-21(30)15-8-6-13(25)10-17(15)24/h6-12H,1-5H3,(H,26,28)(H,27,30). The van der Waals surface area contributed by atoms with Crippen molar-refractivity contribution in [1.82, 2.24) is 9.97 Å². The molecule has 0 aliphatic heterocycles. The van der Waals surface area contributed by atoms with Crippen molar-refractivity contribution in [3.05, 3.63) is 64.7 Å². The number of nitrogens with one attached hydrogen (secondary N) is 2. The molecule has 0 atom stereocenters. The minimum atomic E-state index is -0.621. The van der Waals surface area contributed by atoms with Crippen LogP contribution in [0.2, 0.25) is 5.02 Å². The van der Waals surface area contributed by atoms with Crippen LogP contribution >= 0.6 is 11.6 Å². The summed E-state index contributed by atoms with van der Waals surface area (Å²) in [5, 5.41) is 2.79. The Labute approximate surface area is 190 Å². The summed E-state index contributed by atoms with van der Waals surface area (Å²) in [7, 11) is 3.69. The van der Waals surface area contributed by atoms with Gasteiger partial charge in [0.25, 0.3) is 5.91 Å². The minimum Gasteiger partial charge on any atom is -0.455 e. The van der Waals surface area contributed by atoms with E-state index in [0.717, 1.165) is 17.3 Å². The van der Waals surface area contributed by atoms with E-state index < -0.39 is 23.3 Å². The van der Waals surface area contributed by atoms with E-state index in [9.17, 15) is 14.0 Å². The number of amides is 1. The average Bonchev–Trinajstić information content (AvgIpc) is 3.16. The van der Waals surface area contributed by atoms with Crippen LogP contribution in [0.4, 0.5) is 15.8 Å². The molecule has 0 saturated carbocycles. The van der Waals surface area contributed by atoms with Crippen LogP contribution in [-0.4, -0.2) is 41.5 Å². The van der Waals surface area contributed by atoms with Gasteiger partial charge >= 0.3 is 5.97 Å². The lowest BCUT2D eigenvalue weighted by Gasteiger charge is -2.19. The van der Waals surface area contributed by atoms with Crippen LogP contribution in [0.25, 0.3) is 11.4 Å². The first-order valence-electron chi connectivity index (χ1n) is 9.81. The first-order valence-corrected chi connectivity index (χ1v) is 10.2. The van der Waals surface area contributed by atoms with Gasteiger partial charge in [-0.25, -0.2) is 14.2 Å². The van der Waals surface area contributed by atoms with Crippen molar-refractivity contribution in [2.45, 2.75) is 26.4 Å². The van der Waals surface area contributed by atoms with Crippen molar-refractivity contribution in [3.8, 4) is 11.4 Å². The fourth-order valence-corrected chi connectivity index (χ4v) is 3.20. The summed E-state index contributed by atoms with van der Waals surface area (Å²) in [5.74, 6) is -0.996. The van der Waals surface area contributed by atoms with Crippen LogP contribution in [0.15, 0.2) is 42.6 Å². The van der Waals surface area contributed by atoms with Gasteiger partial charge in [-0.3, -0.25) is 4.79 Å². The van der Waals surface area contributed by atoms with Gasteiger partial charge in [0.1, 0.15) is 22.9 Å². The molecule has 168 valence electrons. The molecule has 1 aromatic heterocycles. The Bertz CT molecular complexity index is 1170. The van der Waals surface area contributed by atoms with Crippen LogP contribution in [0, 0.1) is 5.82 Å². The normalized spacial score (nSPS) is 11.2. The van der Waals surface area contributed by atoms with Gasteiger partial charge in [0.15, 0.2) is 0 Å². The highest BCUT2D eigenvalue weighted by molar-refractivity contribution is 6.34. The molecule has 0 radical (unpaired) electrons. The third kappa shape index (κ3) is 5.45. The molecule has 0 fully saturated rings. The highest BCUT2D eigenvalue weighted by Gasteiger charge is 2.21. The van der Waals surface area contributed by atoms with Gasteiger partial charge < -0.3 is 19.9 Å². The van der Waals surface area contributed by atoms with Gasteiger partial charge in [0, 0.05) is 31.0 Å². The van der Waals surface area contributed by atoms with E-state index in [1.54, 1.807) is 39.0 Å². The summed E-state index contributed by atoms with van der Waals surface area (Å²) in [6, 6.07) is 8.83. The number of hydrogen-bond donors (Lipinski definition) is 2. The van der Waals surface area contributed by atoms with Crippen molar-refractivity contribution in [1.29, 1.82) is 0 Å². The van der Waals surface area contributed by atoms with Gasteiger partial charge in [-0.15, -0.1) is 0 Å². The van der Waals surface area contributed by atoms with E-state index in [1.165, 1.54) is 18.3 Å². The molecule has 0 unspecified atom stereocenters. The number of aromatic nitrogens is 2. The van der Waals surface area contributed by atoms with Crippen LogP contribution in [-0.2, 0) is 4.74 Å². The van der Waals surface area contributed by atoms with Gasteiger partial charge in [0.05, 0.1) is 16.8 Å². The van der Waals surface area contributed by atoms with Crippen LogP contribution in [0.5, 0.6) is 0 Å². The Morgan fingerprint density at radius 1 is 1.16 bits per heavy atom. The zero-order valence-corrected chi connectivity index (χ0v) is 19.2. The summed E-state index contributed by atoms with van der Waals surface area (Å²) in [6.45, 7) is 5.37. The monoisotopic (exact) mass is 458 g/mol. The average molecular weight is 459 g/mol. The number of esters is 1. The Balaban J connectivity index is 1.87. The molecule has 0 spiro atoms. The summed E-state index contributed by atoms with van der Waals surface area (Å²) < 4.78 is 18.6. The summed E-state index contributed by atoms with van der Waals surface area (Å²) >= 11 is 5.99. The minimum absolute atomic E-state index is 0.0252. The number of anilines is 2. The highest BCUT2D eigenvalue weighted by atomic mass is 35.5. The number of imidazole rings is 1. The molecule has 0 aliphatic rings. The van der Waals surface area contributed by atoms with Crippen molar-refractivity contribution in [3.63, 3.8) is 0 Å². The predicted molar refractivity (Wildman–Crippen MR) is 123 cm³/mol. The molecule has 3 aromatic rings. The smallest absolute Gasteiger partial charge is 0.356 e. The number of aromatic amines is 1. The fourth-order valence-electron chi connectivity index (χ4n) is 2.95. The number of hydrogen-bond acceptors (Lipinski definition) is 5. The predicted octanol–water partition coefficient (Wildman–Crippen LogP) is 5.14. The Morgan fingerprint density at radius 2 is 1.88 bits per heavy atom. The lowest BCUT2D eigenvalue weighted by atomic mass is 10.1. The molecule has 0 saturated heterocycles. The summed E-state index contributed by atoms with van der Waals surface area (Å²) in [5.41, 5.74) is 1.77. The molecule has 1 heterocycles. The number of H-pyrrole nitrogens is 1. The number of rotatable bonds is 5. The van der Waals surface area contributed by atoms with Gasteiger partial charge in [0.2, 0.25) is 0 Å². The largest absolute Gasteiger partial charge is 0.455 e. The van der Waals surface area contributed by atoms with E-state index >= 15 is 0 Å². The van der Waals surface area contributed by atoms with Crippen molar-refractivity contribution in [2.24, 2.45) is 0 Å². The zero-order valence-electron chi connectivity index (χ0n) is 18.4. The number of nitrogens with zero attached hydrogens (tertiary/aromatic N) is 2. The molecule has 2 aromatic carbocycles. The number of ether oxygens (including phenoxy) is 1. The number of carbonyl (C=O) groups is 2. The first kappa shape index (κ1) is 23.3. The second kappa shape index (κ2) is 9.00. The molecular formula is C23H24ClFN4O3. The number of benzene rings is 2. The highest BCUT2D eigenvalue weighted by Crippen LogP contribution is 2.31. The quantitative estimate of drug-likeness (QED) is 0.517. The first-order chi connectivity index (χ1) is 14.9. The molecule has 1 amide bonds. The van der Waals surface area contributed by atoms with E-state index in [0.29, 0.717) is 11.5 Å². The molecule has 9 heteroatoms. The topological polar surface area (TPSA) is 87.3 Å². The third-order valence-corrected chi connectivity index (χ3v) is 4.68. The van der Waals surface area contributed by atoms with Gasteiger partial charge in [-0.1, -0.05) is 11.6 Å². The van der Waals surface area contributed by atoms with E-state index in [4.69, 9.17) is 16.3 Å². The van der Waals surface area contributed by atoms with Crippen LogP contribution in [0.1, 0.15) is 41.6 Å². The van der Waals surface area contributed by atoms with E-state index in [-0.39, 0.29) is 16.3 Å². The maximum Gasteiger partial charge on any atom is 0.356 e. The maximum atomic E-state index is 13.3. The fraction of sp³-hybridized carbons (Fsp3) is 0.261.